The number of benzene rings is 2. The quantitative estimate of drug-likeness (QED) is 0.278. The smallest absolute Gasteiger partial charge is 0.294 e. The number of carbonyl (C=O) groups excluding carboxylic acids is 1. The van der Waals surface area contributed by atoms with E-state index in [1.807, 2.05) is 29.6 Å². The molecule has 5 rings (SSSR count). The lowest BCUT2D eigenvalue weighted by Crippen LogP contribution is -2.18. The summed E-state index contributed by atoms with van der Waals surface area (Å²) in [5, 5.41) is 9.44. The normalized spacial score (nSPS) is 11.1. The Morgan fingerprint density at radius 2 is 1.94 bits per heavy atom. The van der Waals surface area contributed by atoms with Crippen LogP contribution in [0.5, 0.6) is 0 Å². The Bertz CT molecular complexity index is 1520. The number of anilines is 3. The molecule has 7 nitrogen and oxygen atoms in total. The van der Waals surface area contributed by atoms with Gasteiger partial charge in [0.2, 0.25) is 5.82 Å². The number of amides is 1. The standard InChI is InChI=1S/C23H16BrFN6OS/c24-13-5-6-16(15(25)10-13)27-11-18-14-4-2-1-3-12(14)9-19(28-18)30-23(32)22-29-17-7-8-33-20(17)21(26)31-22/h1-10,27H,11H2,(H2,26,29,31)(H,28,30,32). The van der Waals surface area contributed by atoms with Crippen molar-refractivity contribution in [2.24, 2.45) is 0 Å². The minimum absolute atomic E-state index is 0.0371. The van der Waals surface area contributed by atoms with Gasteiger partial charge < -0.3 is 16.4 Å². The van der Waals surface area contributed by atoms with Crippen molar-refractivity contribution in [1.29, 1.82) is 0 Å². The summed E-state index contributed by atoms with van der Waals surface area (Å²) in [5.41, 5.74) is 7.59. The highest BCUT2D eigenvalue weighted by Gasteiger charge is 2.16. The highest BCUT2D eigenvalue weighted by molar-refractivity contribution is 9.10. The predicted molar refractivity (Wildman–Crippen MR) is 133 cm³/mol. The summed E-state index contributed by atoms with van der Waals surface area (Å²) in [6.45, 7) is 0.257. The Kier molecular flexibility index (Phi) is 5.61. The zero-order valence-electron chi connectivity index (χ0n) is 17.0. The van der Waals surface area contributed by atoms with E-state index in [0.717, 1.165) is 15.5 Å². The molecule has 0 fully saturated rings. The number of nitrogen functional groups attached to an aromatic ring is 1. The van der Waals surface area contributed by atoms with Crippen LogP contribution in [0.15, 0.2) is 64.5 Å². The molecule has 0 radical (unpaired) electrons. The van der Waals surface area contributed by atoms with E-state index < -0.39 is 5.91 Å². The second kappa shape index (κ2) is 8.72. The molecule has 10 heteroatoms. The molecule has 3 aromatic heterocycles. The number of thiophene rings is 1. The number of aromatic nitrogens is 3. The van der Waals surface area contributed by atoms with Crippen LogP contribution in [0.4, 0.5) is 21.7 Å². The minimum Gasteiger partial charge on any atom is -0.382 e. The third-order valence-corrected chi connectivity index (χ3v) is 6.39. The summed E-state index contributed by atoms with van der Waals surface area (Å²) < 4.78 is 15.6. The molecule has 0 aliphatic carbocycles. The predicted octanol–water partition coefficient (Wildman–Crippen LogP) is 5.59. The molecule has 5 aromatic rings. The van der Waals surface area contributed by atoms with E-state index in [0.29, 0.717) is 27.2 Å². The molecule has 2 aromatic carbocycles. The summed E-state index contributed by atoms with van der Waals surface area (Å²) in [4.78, 5) is 25.8. The van der Waals surface area contributed by atoms with Gasteiger partial charge in [0.25, 0.3) is 5.91 Å². The van der Waals surface area contributed by atoms with Gasteiger partial charge in [0.15, 0.2) is 0 Å². The molecule has 4 N–H and O–H groups in total. The molecule has 0 aliphatic heterocycles. The number of pyridine rings is 1. The van der Waals surface area contributed by atoms with Crippen molar-refractivity contribution in [3.05, 3.63) is 81.8 Å². The van der Waals surface area contributed by atoms with Gasteiger partial charge in [-0.2, -0.15) is 0 Å². The topological polar surface area (TPSA) is 106 Å². The fraction of sp³-hybridized carbons (Fsp3) is 0.0435. The van der Waals surface area contributed by atoms with Crippen molar-refractivity contribution < 1.29 is 9.18 Å². The van der Waals surface area contributed by atoms with Gasteiger partial charge in [0, 0.05) is 9.86 Å². The summed E-state index contributed by atoms with van der Waals surface area (Å²) >= 11 is 4.67. The lowest BCUT2D eigenvalue weighted by Gasteiger charge is -2.12. The first kappa shape index (κ1) is 21.2. The maximum Gasteiger partial charge on any atom is 0.294 e. The average Bonchev–Trinajstić information content (AvgIpc) is 3.28. The number of nitrogens with two attached hydrogens (primary N) is 1. The molecule has 0 bridgehead atoms. The Morgan fingerprint density at radius 1 is 1.09 bits per heavy atom. The first-order valence-corrected chi connectivity index (χ1v) is 11.5. The number of halogens is 2. The molecule has 3 heterocycles. The summed E-state index contributed by atoms with van der Waals surface area (Å²) in [5.74, 6) is -0.343. The fourth-order valence-corrected chi connectivity index (χ4v) is 4.51. The van der Waals surface area contributed by atoms with Crippen LogP contribution < -0.4 is 16.4 Å². The van der Waals surface area contributed by atoms with E-state index in [-0.39, 0.29) is 24.0 Å². The van der Waals surface area contributed by atoms with Crippen LogP contribution in [-0.4, -0.2) is 20.9 Å². The van der Waals surface area contributed by atoms with Crippen molar-refractivity contribution >= 4 is 71.5 Å². The van der Waals surface area contributed by atoms with E-state index >= 15 is 0 Å². The van der Waals surface area contributed by atoms with Gasteiger partial charge in [-0.25, -0.2) is 19.3 Å². The van der Waals surface area contributed by atoms with E-state index in [1.54, 1.807) is 24.3 Å². The van der Waals surface area contributed by atoms with Gasteiger partial charge in [0.1, 0.15) is 17.5 Å². The van der Waals surface area contributed by atoms with E-state index in [4.69, 9.17) is 5.73 Å². The summed E-state index contributed by atoms with van der Waals surface area (Å²) in [7, 11) is 0. The summed E-state index contributed by atoms with van der Waals surface area (Å²) in [6.07, 6.45) is 0. The maximum absolute atomic E-state index is 14.2. The number of hydrogen-bond donors (Lipinski definition) is 3. The van der Waals surface area contributed by atoms with Crippen molar-refractivity contribution in [2.75, 3.05) is 16.4 Å². The van der Waals surface area contributed by atoms with Crippen LogP contribution in [-0.2, 0) is 6.54 Å². The Labute approximate surface area is 200 Å². The summed E-state index contributed by atoms with van der Waals surface area (Å²) in [6, 6.07) is 16.0. The van der Waals surface area contributed by atoms with Gasteiger partial charge in [-0.05, 0) is 41.1 Å². The van der Waals surface area contributed by atoms with Crippen molar-refractivity contribution in [2.45, 2.75) is 6.54 Å². The third-order valence-electron chi connectivity index (χ3n) is 4.97. The molecule has 0 saturated heterocycles. The van der Waals surface area contributed by atoms with E-state index in [2.05, 4.69) is 41.5 Å². The van der Waals surface area contributed by atoms with Gasteiger partial charge in [-0.15, -0.1) is 11.3 Å². The Morgan fingerprint density at radius 3 is 2.79 bits per heavy atom. The molecule has 0 unspecified atom stereocenters. The number of fused-ring (bicyclic) bond motifs is 2. The molecular weight excluding hydrogens is 507 g/mol. The second-order valence-electron chi connectivity index (χ2n) is 7.17. The lowest BCUT2D eigenvalue weighted by atomic mass is 10.1. The third kappa shape index (κ3) is 4.35. The SMILES string of the molecule is Nc1nc(C(=O)Nc2cc3ccccc3c(CNc3ccc(Br)cc3F)n2)nc2ccsc12. The zero-order chi connectivity index (χ0) is 22.9. The largest absolute Gasteiger partial charge is 0.382 e. The highest BCUT2D eigenvalue weighted by atomic mass is 79.9. The van der Waals surface area contributed by atoms with Gasteiger partial charge in [0.05, 0.1) is 28.1 Å². The molecule has 0 spiro atoms. The fourth-order valence-electron chi connectivity index (χ4n) is 3.44. The molecule has 0 atom stereocenters. The molecule has 33 heavy (non-hydrogen) atoms. The van der Waals surface area contributed by atoms with Crippen LogP contribution in [0, 0.1) is 5.82 Å². The maximum atomic E-state index is 14.2. The Balaban J connectivity index is 1.45. The Hall–Kier alpha value is -3.63. The van der Waals surface area contributed by atoms with Crippen LogP contribution in [0.2, 0.25) is 0 Å². The zero-order valence-corrected chi connectivity index (χ0v) is 19.4. The van der Waals surface area contributed by atoms with E-state index in [9.17, 15) is 9.18 Å². The average molecular weight is 523 g/mol. The lowest BCUT2D eigenvalue weighted by molar-refractivity contribution is 0.101. The first-order chi connectivity index (χ1) is 16.0. The number of hydrogen-bond acceptors (Lipinski definition) is 7. The number of nitrogens with zero attached hydrogens (tertiary/aromatic N) is 3. The van der Waals surface area contributed by atoms with Crippen molar-refractivity contribution in [1.82, 2.24) is 15.0 Å². The number of nitrogens with one attached hydrogen (secondary N) is 2. The van der Waals surface area contributed by atoms with Gasteiger partial charge in [-0.3, -0.25) is 4.79 Å². The van der Waals surface area contributed by atoms with Crippen LogP contribution >= 0.6 is 27.3 Å². The van der Waals surface area contributed by atoms with Crippen LogP contribution in [0.3, 0.4) is 0 Å². The number of carbonyl (C=O) groups is 1. The van der Waals surface area contributed by atoms with Crippen molar-refractivity contribution in [3.8, 4) is 0 Å². The van der Waals surface area contributed by atoms with Crippen LogP contribution in [0.25, 0.3) is 21.0 Å². The second-order valence-corrected chi connectivity index (χ2v) is 9.01. The van der Waals surface area contributed by atoms with Gasteiger partial charge >= 0.3 is 0 Å². The van der Waals surface area contributed by atoms with Crippen LogP contribution in [0.1, 0.15) is 16.3 Å². The molecule has 0 saturated carbocycles. The van der Waals surface area contributed by atoms with Gasteiger partial charge in [-0.1, -0.05) is 40.2 Å². The van der Waals surface area contributed by atoms with E-state index in [1.165, 1.54) is 17.4 Å². The molecule has 164 valence electrons. The van der Waals surface area contributed by atoms with Crippen molar-refractivity contribution in [3.63, 3.8) is 0 Å². The molecule has 0 aliphatic rings. The molecular formula is C23H16BrFN6OS. The monoisotopic (exact) mass is 522 g/mol. The number of rotatable bonds is 5. The highest BCUT2D eigenvalue weighted by Crippen LogP contribution is 2.26. The minimum atomic E-state index is -0.518. The first-order valence-electron chi connectivity index (χ1n) is 9.87. The molecule has 1 amide bonds.